The van der Waals surface area contributed by atoms with Gasteiger partial charge in [0.15, 0.2) is 5.96 Å². The van der Waals surface area contributed by atoms with Gasteiger partial charge in [-0.05, 0) is 45.6 Å². The number of ether oxygens (including phenoxy) is 1. The summed E-state index contributed by atoms with van der Waals surface area (Å²) in [5.41, 5.74) is 1.17. The average Bonchev–Trinajstić information content (AvgIpc) is 3.08. The summed E-state index contributed by atoms with van der Waals surface area (Å²) < 4.78 is 5.65. The van der Waals surface area contributed by atoms with E-state index in [0.29, 0.717) is 6.04 Å². The fraction of sp³-hybridized carbons (Fsp3) is 0.632. The van der Waals surface area contributed by atoms with Crippen LogP contribution in [0.5, 0.6) is 5.75 Å². The first kappa shape index (κ1) is 23.2. The van der Waals surface area contributed by atoms with Crippen LogP contribution in [-0.2, 0) is 0 Å². The lowest BCUT2D eigenvalue weighted by molar-refractivity contribution is 0.415. The molecular formula is C19H33IN4OS. The van der Waals surface area contributed by atoms with Crippen molar-refractivity contribution in [2.45, 2.75) is 38.0 Å². The predicted octanol–water partition coefficient (Wildman–Crippen LogP) is 3.59. The zero-order chi connectivity index (χ0) is 18.3. The highest BCUT2D eigenvalue weighted by atomic mass is 127. The van der Waals surface area contributed by atoms with Crippen molar-refractivity contribution < 1.29 is 4.74 Å². The Balaban J connectivity index is 0.00000338. The fourth-order valence-electron chi connectivity index (χ4n) is 2.84. The largest absolute Gasteiger partial charge is 0.495 e. The number of guanidine groups is 1. The summed E-state index contributed by atoms with van der Waals surface area (Å²) in [6.07, 6.45) is 3.23. The number of rotatable bonds is 7. The molecule has 1 aliphatic rings. The van der Waals surface area contributed by atoms with E-state index in [4.69, 9.17) is 9.73 Å². The molecule has 1 atom stereocenters. The number of thioether (sulfide) groups is 1. The van der Waals surface area contributed by atoms with E-state index in [1.165, 1.54) is 5.69 Å². The standard InChI is InChI=1S/C19H32N4OS.HI/c1-6-20-18(21-14-19(2,3)25-5)22-15-11-12-23(13-15)16-9-7-8-10-17(16)24-4;/h7-10,15H,6,11-14H2,1-5H3,(H2,20,21,22);1H. The third-order valence-electron chi connectivity index (χ3n) is 4.47. The van der Waals surface area contributed by atoms with Crippen LogP contribution >= 0.6 is 35.7 Å². The first-order valence-corrected chi connectivity index (χ1v) is 10.2. The van der Waals surface area contributed by atoms with E-state index >= 15 is 0 Å². The van der Waals surface area contributed by atoms with Gasteiger partial charge in [0.1, 0.15) is 5.75 Å². The van der Waals surface area contributed by atoms with E-state index in [-0.39, 0.29) is 28.7 Å². The number of nitrogens with zero attached hydrogens (tertiary/aromatic N) is 2. The predicted molar refractivity (Wildman–Crippen MR) is 126 cm³/mol. The molecule has 1 saturated heterocycles. The quantitative estimate of drug-likeness (QED) is 0.346. The highest BCUT2D eigenvalue weighted by molar-refractivity contribution is 14.0. The molecule has 1 heterocycles. The van der Waals surface area contributed by atoms with E-state index in [1.807, 2.05) is 23.9 Å². The molecule has 26 heavy (non-hydrogen) atoms. The number of nitrogens with one attached hydrogen (secondary N) is 2. The number of hydrogen-bond donors (Lipinski definition) is 2. The van der Waals surface area contributed by atoms with Gasteiger partial charge >= 0.3 is 0 Å². The molecule has 0 amide bonds. The average molecular weight is 492 g/mol. The van der Waals surface area contributed by atoms with Gasteiger partial charge in [-0.25, -0.2) is 0 Å². The molecule has 1 aromatic carbocycles. The lowest BCUT2D eigenvalue weighted by Crippen LogP contribution is -2.45. The van der Waals surface area contributed by atoms with E-state index in [2.05, 4.69) is 54.7 Å². The van der Waals surface area contributed by atoms with Gasteiger partial charge in [-0.2, -0.15) is 11.8 Å². The summed E-state index contributed by atoms with van der Waals surface area (Å²) in [7, 11) is 1.73. The maximum absolute atomic E-state index is 5.50. The zero-order valence-corrected chi connectivity index (χ0v) is 19.7. The maximum Gasteiger partial charge on any atom is 0.191 e. The summed E-state index contributed by atoms with van der Waals surface area (Å²) in [6, 6.07) is 8.61. The molecule has 1 aromatic rings. The lowest BCUT2D eigenvalue weighted by atomic mass is 10.2. The second-order valence-electron chi connectivity index (χ2n) is 6.91. The van der Waals surface area contributed by atoms with Gasteiger partial charge in [0.2, 0.25) is 0 Å². The fourth-order valence-corrected chi connectivity index (χ4v) is 3.03. The van der Waals surface area contributed by atoms with Crippen molar-refractivity contribution in [3.63, 3.8) is 0 Å². The highest BCUT2D eigenvalue weighted by Crippen LogP contribution is 2.30. The number of halogens is 1. The molecule has 148 valence electrons. The minimum atomic E-state index is 0. The smallest absolute Gasteiger partial charge is 0.191 e. The molecule has 5 nitrogen and oxygen atoms in total. The summed E-state index contributed by atoms with van der Waals surface area (Å²) in [4.78, 5) is 7.16. The van der Waals surface area contributed by atoms with Gasteiger partial charge < -0.3 is 20.3 Å². The summed E-state index contributed by atoms with van der Waals surface area (Å²) in [5.74, 6) is 1.85. The Kier molecular flexibility index (Phi) is 9.92. The van der Waals surface area contributed by atoms with Gasteiger partial charge in [0.25, 0.3) is 0 Å². The first-order chi connectivity index (χ1) is 12.0. The molecule has 1 aliphatic heterocycles. The summed E-state index contributed by atoms with van der Waals surface area (Å²) in [5, 5.41) is 6.97. The number of anilines is 1. The van der Waals surface area contributed by atoms with Crippen LogP contribution in [0.15, 0.2) is 29.3 Å². The molecule has 0 saturated carbocycles. The maximum atomic E-state index is 5.50. The van der Waals surface area contributed by atoms with Crippen LogP contribution in [-0.4, -0.2) is 56.3 Å². The number of aliphatic imine (C=N–C) groups is 1. The van der Waals surface area contributed by atoms with Crippen LogP contribution in [0.4, 0.5) is 5.69 Å². The van der Waals surface area contributed by atoms with Crippen LogP contribution in [0.1, 0.15) is 27.2 Å². The molecule has 0 bridgehead atoms. The second kappa shape index (κ2) is 11.1. The normalized spacial score (nSPS) is 17.7. The molecule has 2 rings (SSSR count). The highest BCUT2D eigenvalue weighted by Gasteiger charge is 2.25. The minimum absolute atomic E-state index is 0. The van der Waals surface area contributed by atoms with Crippen LogP contribution in [0.25, 0.3) is 0 Å². The topological polar surface area (TPSA) is 48.9 Å². The Morgan fingerprint density at radius 2 is 2.12 bits per heavy atom. The van der Waals surface area contributed by atoms with Crippen molar-refractivity contribution in [3.8, 4) is 5.75 Å². The molecule has 0 aliphatic carbocycles. The number of methoxy groups -OCH3 is 1. The summed E-state index contributed by atoms with van der Waals surface area (Å²) in [6.45, 7) is 10.2. The van der Waals surface area contributed by atoms with Crippen molar-refractivity contribution in [1.82, 2.24) is 10.6 Å². The van der Waals surface area contributed by atoms with Gasteiger partial charge in [-0.3, -0.25) is 4.99 Å². The van der Waals surface area contributed by atoms with Crippen molar-refractivity contribution >= 4 is 47.4 Å². The van der Waals surface area contributed by atoms with Crippen molar-refractivity contribution in [3.05, 3.63) is 24.3 Å². The second-order valence-corrected chi connectivity index (χ2v) is 8.42. The van der Waals surface area contributed by atoms with Gasteiger partial charge in [0.05, 0.1) is 19.3 Å². The van der Waals surface area contributed by atoms with Crippen molar-refractivity contribution in [1.29, 1.82) is 0 Å². The van der Waals surface area contributed by atoms with Crippen LogP contribution < -0.4 is 20.3 Å². The molecule has 1 unspecified atom stereocenters. The Hall–Kier alpha value is -0.830. The molecule has 0 aromatic heterocycles. The number of hydrogen-bond acceptors (Lipinski definition) is 4. The van der Waals surface area contributed by atoms with Crippen LogP contribution in [0.2, 0.25) is 0 Å². The molecule has 7 heteroatoms. The Morgan fingerprint density at radius 1 is 1.38 bits per heavy atom. The van der Waals surface area contributed by atoms with Crippen molar-refractivity contribution in [2.75, 3.05) is 44.4 Å². The van der Waals surface area contributed by atoms with E-state index < -0.39 is 0 Å². The first-order valence-electron chi connectivity index (χ1n) is 8.97. The molecule has 1 fully saturated rings. The third-order valence-corrected chi connectivity index (χ3v) is 5.70. The lowest BCUT2D eigenvalue weighted by Gasteiger charge is -2.23. The number of para-hydroxylation sites is 2. The Bertz CT molecular complexity index is 582. The molecule has 0 spiro atoms. The van der Waals surface area contributed by atoms with Crippen LogP contribution in [0.3, 0.4) is 0 Å². The Morgan fingerprint density at radius 3 is 2.77 bits per heavy atom. The van der Waals surface area contributed by atoms with Crippen molar-refractivity contribution in [2.24, 2.45) is 4.99 Å². The molecule has 0 radical (unpaired) electrons. The monoisotopic (exact) mass is 492 g/mol. The SMILES string of the molecule is CCNC(=NCC(C)(C)SC)NC1CCN(c2ccccc2OC)C1.I. The van der Waals surface area contributed by atoms with Gasteiger partial charge in [0, 0.05) is 30.4 Å². The summed E-state index contributed by atoms with van der Waals surface area (Å²) >= 11 is 1.85. The van der Waals surface area contributed by atoms with Gasteiger partial charge in [-0.1, -0.05) is 12.1 Å². The van der Waals surface area contributed by atoms with Gasteiger partial charge in [-0.15, -0.1) is 24.0 Å². The minimum Gasteiger partial charge on any atom is -0.495 e. The molecule has 2 N–H and O–H groups in total. The third kappa shape index (κ3) is 6.72. The molecular weight excluding hydrogens is 459 g/mol. The van der Waals surface area contributed by atoms with E-state index in [9.17, 15) is 0 Å². The van der Waals surface area contributed by atoms with E-state index in [0.717, 1.165) is 44.3 Å². The van der Waals surface area contributed by atoms with E-state index in [1.54, 1.807) is 7.11 Å². The Labute approximate surface area is 179 Å². The number of benzene rings is 1. The van der Waals surface area contributed by atoms with Crippen LogP contribution in [0, 0.1) is 0 Å². The zero-order valence-electron chi connectivity index (χ0n) is 16.5.